The zero-order valence-electron chi connectivity index (χ0n) is 7.22. The molecule has 9 nitrogen and oxygen atoms in total. The van der Waals surface area contributed by atoms with Gasteiger partial charge in [0.2, 0.25) is 5.82 Å². The van der Waals surface area contributed by atoms with E-state index >= 15 is 0 Å². The SMILES string of the molecule is CCOC(=O)c1nc(N[N+](=O)O)n[nH]1. The number of aromatic nitrogens is 3. The highest BCUT2D eigenvalue weighted by molar-refractivity contribution is 5.85. The van der Waals surface area contributed by atoms with Crippen LogP contribution in [0.5, 0.6) is 0 Å². The summed E-state index contributed by atoms with van der Waals surface area (Å²) in [4.78, 5) is 24.6. The lowest BCUT2D eigenvalue weighted by Crippen LogP contribution is -2.12. The summed E-state index contributed by atoms with van der Waals surface area (Å²) in [5.41, 5.74) is 1.79. The molecule has 0 atom stereocenters. The Morgan fingerprint density at radius 3 is 3.07 bits per heavy atom. The van der Waals surface area contributed by atoms with Crippen molar-refractivity contribution in [3.05, 3.63) is 10.7 Å². The van der Waals surface area contributed by atoms with Gasteiger partial charge in [-0.1, -0.05) is 0 Å². The van der Waals surface area contributed by atoms with E-state index in [1.165, 1.54) is 0 Å². The van der Waals surface area contributed by atoms with Crippen LogP contribution >= 0.6 is 0 Å². The Morgan fingerprint density at radius 1 is 1.79 bits per heavy atom. The monoisotopic (exact) mass is 202 g/mol. The number of aromatic amines is 1. The smallest absolute Gasteiger partial charge is 0.375 e. The number of nitrogens with zero attached hydrogens (tertiary/aromatic N) is 3. The van der Waals surface area contributed by atoms with E-state index in [1.54, 1.807) is 12.3 Å². The molecule has 0 aromatic carbocycles. The van der Waals surface area contributed by atoms with Gasteiger partial charge in [-0.2, -0.15) is 4.98 Å². The Kier molecular flexibility index (Phi) is 2.94. The van der Waals surface area contributed by atoms with Crippen LogP contribution in [0.15, 0.2) is 0 Å². The molecule has 1 heterocycles. The zero-order valence-corrected chi connectivity index (χ0v) is 7.22. The Bertz CT molecular complexity index is 348. The van der Waals surface area contributed by atoms with Crippen molar-refractivity contribution in [1.29, 1.82) is 0 Å². The van der Waals surface area contributed by atoms with Crippen LogP contribution in [-0.4, -0.2) is 38.0 Å². The number of esters is 1. The fraction of sp³-hybridized carbons (Fsp3) is 0.400. The molecule has 0 aliphatic carbocycles. The highest BCUT2D eigenvalue weighted by Crippen LogP contribution is 1.99. The highest BCUT2D eigenvalue weighted by Gasteiger charge is 2.16. The molecule has 0 aliphatic rings. The molecule has 0 aliphatic heterocycles. The van der Waals surface area contributed by atoms with Crippen molar-refractivity contribution < 1.29 is 19.8 Å². The third-order valence-electron chi connectivity index (χ3n) is 1.15. The van der Waals surface area contributed by atoms with Crippen molar-refractivity contribution >= 4 is 11.9 Å². The lowest BCUT2D eigenvalue weighted by Gasteiger charge is -1.94. The molecule has 14 heavy (non-hydrogen) atoms. The first-order valence-corrected chi connectivity index (χ1v) is 3.65. The molecule has 0 amide bonds. The predicted octanol–water partition coefficient (Wildman–Crippen LogP) is -0.524. The second-order valence-electron chi connectivity index (χ2n) is 2.11. The maximum Gasteiger partial charge on any atom is 0.375 e. The normalized spacial score (nSPS) is 9.50. The first kappa shape index (κ1) is 9.89. The summed E-state index contributed by atoms with van der Waals surface area (Å²) in [5, 5.41) is 13.3. The number of hydrogen-bond acceptors (Lipinski definition) is 5. The van der Waals surface area contributed by atoms with Gasteiger partial charge in [0.05, 0.1) is 6.61 Å². The molecule has 76 valence electrons. The minimum absolute atomic E-state index is 0.156. The average molecular weight is 202 g/mol. The number of anilines is 1. The number of nitrogens with one attached hydrogen (secondary N) is 2. The van der Waals surface area contributed by atoms with E-state index in [-0.39, 0.29) is 18.4 Å². The first-order valence-electron chi connectivity index (χ1n) is 3.65. The largest absolute Gasteiger partial charge is 0.460 e. The van der Waals surface area contributed by atoms with Gasteiger partial charge in [0.1, 0.15) is 4.91 Å². The lowest BCUT2D eigenvalue weighted by molar-refractivity contribution is -0.770. The van der Waals surface area contributed by atoms with E-state index in [4.69, 9.17) is 5.21 Å². The van der Waals surface area contributed by atoms with E-state index < -0.39 is 11.0 Å². The average Bonchev–Trinajstić information content (AvgIpc) is 2.52. The third-order valence-corrected chi connectivity index (χ3v) is 1.15. The molecule has 3 N–H and O–H groups in total. The predicted molar refractivity (Wildman–Crippen MR) is 41.4 cm³/mol. The van der Waals surface area contributed by atoms with E-state index in [9.17, 15) is 9.70 Å². The number of hydrogen-bond donors (Lipinski definition) is 3. The molecule has 0 saturated heterocycles. The Labute approximate surface area is 77.6 Å². The summed E-state index contributed by atoms with van der Waals surface area (Å²) in [5.74, 6) is -1.08. The van der Waals surface area contributed by atoms with Gasteiger partial charge in [0.25, 0.3) is 0 Å². The van der Waals surface area contributed by atoms with Crippen molar-refractivity contribution in [2.24, 2.45) is 0 Å². The minimum Gasteiger partial charge on any atom is -0.460 e. The molecule has 1 aromatic heterocycles. The van der Waals surface area contributed by atoms with E-state index in [0.29, 0.717) is 0 Å². The number of ether oxygens (including phenoxy) is 1. The van der Waals surface area contributed by atoms with Gasteiger partial charge in [-0.05, 0) is 12.3 Å². The summed E-state index contributed by atoms with van der Waals surface area (Å²) in [6.07, 6.45) is 0. The van der Waals surface area contributed by atoms with Gasteiger partial charge in [-0.15, -0.1) is 5.10 Å². The van der Waals surface area contributed by atoms with Crippen LogP contribution in [0, 0.1) is 4.91 Å². The molecule has 1 aromatic rings. The third kappa shape index (κ3) is 2.40. The summed E-state index contributed by atoms with van der Waals surface area (Å²) in [6.45, 7) is 1.84. The van der Waals surface area contributed by atoms with Crippen molar-refractivity contribution in [2.45, 2.75) is 6.92 Å². The van der Waals surface area contributed by atoms with Gasteiger partial charge in [0, 0.05) is 0 Å². The van der Waals surface area contributed by atoms with E-state index in [0.717, 1.165) is 0 Å². The van der Waals surface area contributed by atoms with Crippen LogP contribution < -0.4 is 5.43 Å². The number of carbonyl (C=O) groups is 1. The van der Waals surface area contributed by atoms with Crippen LogP contribution in [0.4, 0.5) is 5.95 Å². The second kappa shape index (κ2) is 4.16. The van der Waals surface area contributed by atoms with Gasteiger partial charge in [0.15, 0.2) is 0 Å². The fourth-order valence-electron chi connectivity index (χ4n) is 0.688. The van der Waals surface area contributed by atoms with Gasteiger partial charge >= 0.3 is 16.9 Å². The Morgan fingerprint density at radius 2 is 2.50 bits per heavy atom. The topological polar surface area (TPSA) is 120 Å². The Balaban J connectivity index is 2.67. The Hall–Kier alpha value is -2.19. The van der Waals surface area contributed by atoms with Crippen molar-refractivity contribution in [3.8, 4) is 0 Å². The summed E-state index contributed by atoms with van der Waals surface area (Å²) in [7, 11) is 0. The number of rotatable bonds is 4. The van der Waals surface area contributed by atoms with Crippen molar-refractivity contribution in [3.63, 3.8) is 0 Å². The van der Waals surface area contributed by atoms with Crippen LogP contribution in [0.1, 0.15) is 17.5 Å². The van der Waals surface area contributed by atoms with Crippen LogP contribution in [-0.2, 0) is 4.74 Å². The zero-order chi connectivity index (χ0) is 10.6. The molecule has 0 radical (unpaired) electrons. The van der Waals surface area contributed by atoms with Crippen molar-refractivity contribution in [1.82, 2.24) is 15.2 Å². The van der Waals surface area contributed by atoms with Gasteiger partial charge in [-0.25, -0.2) is 10.0 Å². The number of H-pyrrole nitrogens is 1. The molecule has 0 bridgehead atoms. The second-order valence-corrected chi connectivity index (χ2v) is 2.11. The van der Waals surface area contributed by atoms with Crippen LogP contribution in [0.2, 0.25) is 0 Å². The molecule has 9 heteroatoms. The molecule has 0 fully saturated rings. The standard InChI is InChI=1S/C5H7N5O4/c1-2-14-4(11)3-6-5(8-7-3)9-10(12)13/h2H2,1H3,(H2-,6,7,8,9,11,12,13)/p+1. The van der Waals surface area contributed by atoms with Crippen LogP contribution in [0.3, 0.4) is 0 Å². The lowest BCUT2D eigenvalue weighted by atomic mass is 10.6. The highest BCUT2D eigenvalue weighted by atomic mass is 16.7. The van der Waals surface area contributed by atoms with Gasteiger partial charge in [-0.3, -0.25) is 5.10 Å². The van der Waals surface area contributed by atoms with Crippen molar-refractivity contribution in [2.75, 3.05) is 12.0 Å². The summed E-state index contributed by atoms with van der Waals surface area (Å²) >= 11 is 0. The number of carbonyl (C=O) groups excluding carboxylic acids is 1. The maximum absolute atomic E-state index is 11.0. The molecular weight excluding hydrogens is 194 g/mol. The quantitative estimate of drug-likeness (QED) is 0.443. The first-order chi connectivity index (χ1) is 6.63. The maximum atomic E-state index is 11.0. The van der Waals surface area contributed by atoms with Crippen LogP contribution in [0.25, 0.3) is 0 Å². The molecule has 0 unspecified atom stereocenters. The molecular formula is C5H8N5O4+. The van der Waals surface area contributed by atoms with E-state index in [2.05, 4.69) is 19.9 Å². The molecule has 0 spiro atoms. The molecule has 0 saturated carbocycles. The van der Waals surface area contributed by atoms with E-state index in [1.807, 2.05) is 0 Å². The summed E-state index contributed by atoms with van der Waals surface area (Å²) < 4.78 is 4.59. The molecule has 1 rings (SSSR count). The fourth-order valence-corrected chi connectivity index (χ4v) is 0.688. The van der Waals surface area contributed by atoms with Gasteiger partial charge < -0.3 is 4.74 Å². The number of hydrazine groups is 1. The minimum atomic E-state index is -0.691. The summed E-state index contributed by atoms with van der Waals surface area (Å²) in [6, 6.07) is 0.